The predicted molar refractivity (Wildman–Crippen MR) is 123 cm³/mol. The van der Waals surface area contributed by atoms with Crippen molar-refractivity contribution in [3.8, 4) is 17.5 Å². The van der Waals surface area contributed by atoms with Gasteiger partial charge < -0.3 is 14.3 Å². The van der Waals surface area contributed by atoms with E-state index in [1.54, 1.807) is 43.0 Å². The van der Waals surface area contributed by atoms with Gasteiger partial charge in [-0.3, -0.25) is 18.5 Å². The van der Waals surface area contributed by atoms with Gasteiger partial charge in [0, 0.05) is 13.6 Å². The minimum Gasteiger partial charge on any atom is -0.497 e. The Hall–Kier alpha value is -3.89. The highest BCUT2D eigenvalue weighted by atomic mass is 16.6. The molecule has 0 unspecified atom stereocenters. The summed E-state index contributed by atoms with van der Waals surface area (Å²) in [6, 6.07) is 16.9. The van der Waals surface area contributed by atoms with Crippen LogP contribution in [0.15, 0.2) is 64.2 Å². The molecule has 0 amide bonds. The fourth-order valence-corrected chi connectivity index (χ4v) is 3.59. The van der Waals surface area contributed by atoms with Crippen molar-refractivity contribution in [2.24, 2.45) is 12.9 Å². The number of hydrogen-bond donors (Lipinski definition) is 1. The Morgan fingerprint density at radius 3 is 2.33 bits per heavy atom. The van der Waals surface area contributed by atoms with Crippen LogP contribution < -0.4 is 26.6 Å². The summed E-state index contributed by atoms with van der Waals surface area (Å²) < 4.78 is 15.4. The van der Waals surface area contributed by atoms with Crippen LogP contribution in [0.2, 0.25) is 0 Å². The number of nitrogens with zero attached hydrogens (tertiary/aromatic N) is 4. The highest BCUT2D eigenvalue weighted by molar-refractivity contribution is 5.72. The molecule has 0 saturated heterocycles. The summed E-state index contributed by atoms with van der Waals surface area (Å²) in [5.74, 6) is 6.29. The monoisotopic (exact) mass is 451 g/mol. The van der Waals surface area contributed by atoms with E-state index in [1.807, 2.05) is 30.3 Å². The number of aromatic nitrogens is 4. The molecule has 172 valence electrons. The molecule has 2 aromatic carbocycles. The molecule has 2 aromatic heterocycles. The summed E-state index contributed by atoms with van der Waals surface area (Å²) in [6.45, 7) is 0.731. The Morgan fingerprint density at radius 1 is 0.970 bits per heavy atom. The molecule has 2 heterocycles. The topological polar surface area (TPSA) is 116 Å². The Bertz CT molecular complexity index is 1360. The molecule has 0 saturated carbocycles. The van der Waals surface area contributed by atoms with Gasteiger partial charge in [-0.05, 0) is 36.2 Å². The predicted octanol–water partition coefficient (Wildman–Crippen LogP) is 2.03. The molecule has 4 aromatic rings. The summed E-state index contributed by atoms with van der Waals surface area (Å²) in [5, 5.41) is 0. The number of rotatable bonds is 9. The van der Waals surface area contributed by atoms with Crippen LogP contribution >= 0.6 is 0 Å². The number of imidazole rings is 1. The van der Waals surface area contributed by atoms with Crippen molar-refractivity contribution in [2.75, 3.05) is 13.7 Å². The molecule has 0 bridgehead atoms. The van der Waals surface area contributed by atoms with Crippen LogP contribution in [0.5, 0.6) is 17.5 Å². The molecule has 0 aliphatic heterocycles. The summed E-state index contributed by atoms with van der Waals surface area (Å²) in [6.07, 6.45) is 0.416. The summed E-state index contributed by atoms with van der Waals surface area (Å²) in [4.78, 5) is 35.4. The number of methoxy groups -OCH3 is 1. The van der Waals surface area contributed by atoms with Crippen molar-refractivity contribution in [1.29, 1.82) is 0 Å². The molecule has 0 aliphatic carbocycles. The third-order valence-electron chi connectivity index (χ3n) is 5.29. The second-order valence-corrected chi connectivity index (χ2v) is 7.44. The molecule has 2 N–H and O–H groups in total. The lowest BCUT2D eigenvalue weighted by Crippen LogP contribution is -2.40. The molecule has 0 atom stereocenters. The Balaban J connectivity index is 1.87. The zero-order chi connectivity index (χ0) is 23.4. The average Bonchev–Trinajstić information content (AvgIpc) is 3.19. The van der Waals surface area contributed by atoms with Crippen LogP contribution in [0.1, 0.15) is 12.0 Å². The van der Waals surface area contributed by atoms with Gasteiger partial charge in [0.25, 0.3) is 5.56 Å². The molecule has 0 spiro atoms. The number of hydrogen-bond acceptors (Lipinski definition) is 7. The van der Waals surface area contributed by atoms with Crippen LogP contribution in [0, 0.1) is 0 Å². The zero-order valence-corrected chi connectivity index (χ0v) is 18.4. The van der Waals surface area contributed by atoms with Gasteiger partial charge in [-0.1, -0.05) is 30.3 Å². The summed E-state index contributed by atoms with van der Waals surface area (Å²) in [5.41, 5.74) is 0.560. The SMILES string of the molecule is COc1ccc(Oc2nc3c(c(=O)n(CCCON)c(=O)n3C)n2Cc2ccccc2)cc1. The quantitative estimate of drug-likeness (QED) is 0.306. The van der Waals surface area contributed by atoms with E-state index >= 15 is 0 Å². The van der Waals surface area contributed by atoms with E-state index in [2.05, 4.69) is 9.82 Å². The van der Waals surface area contributed by atoms with Crippen LogP contribution in [0.4, 0.5) is 0 Å². The van der Waals surface area contributed by atoms with Gasteiger partial charge in [-0.25, -0.2) is 10.7 Å². The van der Waals surface area contributed by atoms with Crippen molar-refractivity contribution in [2.45, 2.75) is 19.5 Å². The Labute approximate surface area is 189 Å². The van der Waals surface area contributed by atoms with E-state index in [0.717, 1.165) is 5.56 Å². The first-order valence-corrected chi connectivity index (χ1v) is 10.4. The van der Waals surface area contributed by atoms with Gasteiger partial charge >= 0.3 is 11.7 Å². The van der Waals surface area contributed by atoms with E-state index in [0.29, 0.717) is 24.5 Å². The third kappa shape index (κ3) is 4.52. The Morgan fingerprint density at radius 2 is 1.67 bits per heavy atom. The molecule has 0 aliphatic rings. The summed E-state index contributed by atoms with van der Waals surface area (Å²) >= 11 is 0. The van der Waals surface area contributed by atoms with Gasteiger partial charge in [-0.2, -0.15) is 4.98 Å². The van der Waals surface area contributed by atoms with E-state index in [-0.39, 0.29) is 30.3 Å². The number of nitrogens with two attached hydrogens (primary N) is 1. The van der Waals surface area contributed by atoms with Gasteiger partial charge in [0.2, 0.25) is 0 Å². The highest BCUT2D eigenvalue weighted by Gasteiger charge is 2.22. The van der Waals surface area contributed by atoms with E-state index in [9.17, 15) is 9.59 Å². The van der Waals surface area contributed by atoms with Crippen LogP contribution in [0.25, 0.3) is 11.2 Å². The highest BCUT2D eigenvalue weighted by Crippen LogP contribution is 2.26. The third-order valence-corrected chi connectivity index (χ3v) is 5.29. The van der Waals surface area contributed by atoms with Gasteiger partial charge in [-0.15, -0.1) is 0 Å². The fourth-order valence-electron chi connectivity index (χ4n) is 3.59. The molecule has 33 heavy (non-hydrogen) atoms. The maximum Gasteiger partial charge on any atom is 0.332 e. The lowest BCUT2D eigenvalue weighted by molar-refractivity contribution is 0.131. The first-order valence-electron chi connectivity index (χ1n) is 10.4. The van der Waals surface area contributed by atoms with Crippen LogP contribution in [-0.2, 0) is 25.0 Å². The fraction of sp³-hybridized carbons (Fsp3) is 0.261. The van der Waals surface area contributed by atoms with E-state index in [4.69, 9.17) is 15.4 Å². The zero-order valence-electron chi connectivity index (χ0n) is 18.4. The van der Waals surface area contributed by atoms with Gasteiger partial charge in [0.05, 0.1) is 20.3 Å². The van der Waals surface area contributed by atoms with Crippen molar-refractivity contribution in [3.05, 3.63) is 81.0 Å². The van der Waals surface area contributed by atoms with Gasteiger partial charge in [0.1, 0.15) is 11.5 Å². The molecule has 10 heteroatoms. The molecule has 4 rings (SSSR count). The molecular formula is C23H25N5O5. The molecule has 0 radical (unpaired) electrons. The maximum absolute atomic E-state index is 13.4. The minimum absolute atomic E-state index is 0.170. The standard InChI is InChI=1S/C23H25N5O5/c1-26-20-19(21(29)27(23(26)30)13-6-14-32-24)28(15-16-7-4-3-5-8-16)22(25-20)33-18-11-9-17(31-2)10-12-18/h3-5,7-12H,6,13-15,24H2,1-2H3. The maximum atomic E-state index is 13.4. The molecular weight excluding hydrogens is 426 g/mol. The van der Waals surface area contributed by atoms with Crippen molar-refractivity contribution < 1.29 is 14.3 Å². The minimum atomic E-state index is -0.468. The number of aryl methyl sites for hydroxylation is 1. The lowest BCUT2D eigenvalue weighted by atomic mass is 10.2. The number of fused-ring (bicyclic) bond motifs is 1. The normalized spacial score (nSPS) is 11.1. The molecule has 10 nitrogen and oxygen atoms in total. The Kier molecular flexibility index (Phi) is 6.57. The largest absolute Gasteiger partial charge is 0.497 e. The second-order valence-electron chi connectivity index (χ2n) is 7.44. The van der Waals surface area contributed by atoms with Crippen molar-refractivity contribution in [3.63, 3.8) is 0 Å². The van der Waals surface area contributed by atoms with Crippen molar-refractivity contribution in [1.82, 2.24) is 18.7 Å². The number of benzene rings is 2. The lowest BCUT2D eigenvalue weighted by Gasteiger charge is -2.11. The van der Waals surface area contributed by atoms with Crippen LogP contribution in [0.3, 0.4) is 0 Å². The summed E-state index contributed by atoms with van der Waals surface area (Å²) in [7, 11) is 3.16. The number of ether oxygens (including phenoxy) is 2. The van der Waals surface area contributed by atoms with E-state index in [1.165, 1.54) is 9.13 Å². The van der Waals surface area contributed by atoms with Crippen molar-refractivity contribution >= 4 is 11.2 Å². The molecule has 0 fully saturated rings. The van der Waals surface area contributed by atoms with Gasteiger partial charge in [0.15, 0.2) is 11.2 Å². The average molecular weight is 451 g/mol. The smallest absolute Gasteiger partial charge is 0.332 e. The van der Waals surface area contributed by atoms with E-state index < -0.39 is 11.2 Å². The van der Waals surface area contributed by atoms with Crippen LogP contribution in [-0.4, -0.2) is 32.4 Å². The first kappa shape index (κ1) is 22.3. The first-order chi connectivity index (χ1) is 16.0. The second kappa shape index (κ2) is 9.72.